The van der Waals surface area contributed by atoms with E-state index in [-0.39, 0.29) is 12.4 Å². The number of aliphatic hydroxyl groups is 1. The van der Waals surface area contributed by atoms with Gasteiger partial charge in [-0.3, -0.25) is 0 Å². The van der Waals surface area contributed by atoms with Gasteiger partial charge in [0, 0.05) is 19.6 Å². The fraction of sp³-hybridized carbons (Fsp3) is 0.650. The second-order valence-electron chi connectivity index (χ2n) is 7.63. The molecule has 0 bridgehead atoms. The molecule has 2 N–H and O–H groups in total. The maximum absolute atomic E-state index is 12.8. The van der Waals surface area contributed by atoms with Crippen molar-refractivity contribution in [3.8, 4) is 0 Å². The SMILES string of the molecule is CCNC(=NCc1cccc(CO)c1)N1CCS(=O)(=O)C2(CCCCC2)C1. The standard InChI is InChI=1S/C20H31N3O3S/c1-2-21-19(22-14-17-7-6-8-18(13-17)15-24)23-11-12-27(25,26)20(16-23)9-4-3-5-10-20/h6-8,13,24H,2-5,9-12,14-16H2,1H3,(H,21,22). The maximum Gasteiger partial charge on any atom is 0.194 e. The Balaban J connectivity index is 1.79. The van der Waals surface area contributed by atoms with Crippen molar-refractivity contribution in [3.05, 3.63) is 35.4 Å². The second kappa shape index (κ2) is 8.61. The molecule has 1 saturated carbocycles. The zero-order valence-corrected chi connectivity index (χ0v) is 17.0. The number of rotatable bonds is 4. The van der Waals surface area contributed by atoms with Crippen molar-refractivity contribution in [2.45, 2.75) is 56.9 Å². The van der Waals surface area contributed by atoms with Crippen LogP contribution in [0.1, 0.15) is 50.2 Å². The Kier molecular flexibility index (Phi) is 6.42. The van der Waals surface area contributed by atoms with E-state index < -0.39 is 14.6 Å². The minimum absolute atomic E-state index is 0.0180. The Bertz CT molecular complexity index is 770. The Morgan fingerprint density at radius 1 is 1.26 bits per heavy atom. The Hall–Kier alpha value is -1.60. The molecular formula is C20H31N3O3S. The summed E-state index contributed by atoms with van der Waals surface area (Å²) in [6.07, 6.45) is 4.66. The quantitative estimate of drug-likeness (QED) is 0.605. The molecule has 0 aromatic heterocycles. The molecule has 0 atom stereocenters. The van der Waals surface area contributed by atoms with Gasteiger partial charge >= 0.3 is 0 Å². The fourth-order valence-corrected chi connectivity index (χ4v) is 6.39. The molecule has 2 fully saturated rings. The summed E-state index contributed by atoms with van der Waals surface area (Å²) in [4.78, 5) is 6.89. The molecule has 1 saturated heterocycles. The summed E-state index contributed by atoms with van der Waals surface area (Å²) in [6.45, 7) is 4.33. The zero-order chi connectivity index (χ0) is 19.3. The van der Waals surface area contributed by atoms with Gasteiger partial charge in [-0.2, -0.15) is 0 Å². The van der Waals surface area contributed by atoms with Gasteiger partial charge in [0.25, 0.3) is 0 Å². The molecule has 1 aromatic carbocycles. The largest absolute Gasteiger partial charge is 0.392 e. The van der Waals surface area contributed by atoms with Gasteiger partial charge in [0.2, 0.25) is 0 Å². The topological polar surface area (TPSA) is 82.0 Å². The number of aliphatic imine (C=N–C) groups is 1. The number of hydrogen-bond donors (Lipinski definition) is 2. The molecule has 0 unspecified atom stereocenters. The third kappa shape index (κ3) is 4.46. The molecule has 1 spiro atoms. The van der Waals surface area contributed by atoms with Crippen LogP contribution in [-0.4, -0.2) is 54.5 Å². The minimum atomic E-state index is -3.06. The van der Waals surface area contributed by atoms with Crippen LogP contribution >= 0.6 is 0 Å². The van der Waals surface area contributed by atoms with Crippen molar-refractivity contribution in [2.24, 2.45) is 4.99 Å². The molecule has 0 radical (unpaired) electrons. The van der Waals surface area contributed by atoms with Crippen LogP contribution in [0.15, 0.2) is 29.3 Å². The summed E-state index contributed by atoms with van der Waals surface area (Å²) in [6, 6.07) is 7.76. The first kappa shape index (κ1) is 20.1. The van der Waals surface area contributed by atoms with Gasteiger partial charge in [-0.1, -0.05) is 43.5 Å². The zero-order valence-electron chi connectivity index (χ0n) is 16.2. The predicted octanol–water partition coefficient (Wildman–Crippen LogP) is 2.08. The summed E-state index contributed by atoms with van der Waals surface area (Å²) in [7, 11) is -3.06. The van der Waals surface area contributed by atoms with Crippen molar-refractivity contribution >= 4 is 15.8 Å². The molecule has 1 aliphatic heterocycles. The average Bonchev–Trinajstić information content (AvgIpc) is 2.68. The molecule has 1 aliphatic carbocycles. The van der Waals surface area contributed by atoms with Gasteiger partial charge in [0.05, 0.1) is 23.7 Å². The lowest BCUT2D eigenvalue weighted by Gasteiger charge is -2.45. The predicted molar refractivity (Wildman–Crippen MR) is 108 cm³/mol. The lowest BCUT2D eigenvalue weighted by atomic mass is 9.87. The molecule has 0 amide bonds. The lowest BCUT2D eigenvalue weighted by Crippen LogP contribution is -2.60. The number of nitrogens with zero attached hydrogens (tertiary/aromatic N) is 2. The number of nitrogens with one attached hydrogen (secondary N) is 1. The fourth-order valence-electron chi connectivity index (χ4n) is 4.24. The highest BCUT2D eigenvalue weighted by molar-refractivity contribution is 7.92. The molecular weight excluding hydrogens is 362 g/mol. The van der Waals surface area contributed by atoms with E-state index in [1.165, 1.54) is 0 Å². The number of sulfone groups is 1. The number of guanidine groups is 1. The molecule has 150 valence electrons. The third-order valence-electron chi connectivity index (χ3n) is 5.75. The summed E-state index contributed by atoms with van der Waals surface area (Å²) in [5, 5.41) is 12.6. The molecule has 2 aliphatic rings. The van der Waals surface area contributed by atoms with Gasteiger partial charge in [0.1, 0.15) is 0 Å². The van der Waals surface area contributed by atoms with Gasteiger partial charge < -0.3 is 15.3 Å². The Morgan fingerprint density at radius 2 is 2.00 bits per heavy atom. The van der Waals surface area contributed by atoms with Crippen LogP contribution in [-0.2, 0) is 23.0 Å². The van der Waals surface area contributed by atoms with Crippen molar-refractivity contribution in [1.29, 1.82) is 0 Å². The van der Waals surface area contributed by atoms with E-state index in [2.05, 4.69) is 10.2 Å². The van der Waals surface area contributed by atoms with E-state index in [1.807, 2.05) is 31.2 Å². The maximum atomic E-state index is 12.8. The first-order valence-corrected chi connectivity index (χ1v) is 11.6. The molecule has 27 heavy (non-hydrogen) atoms. The van der Waals surface area contributed by atoms with Crippen LogP contribution in [0.3, 0.4) is 0 Å². The molecule has 1 heterocycles. The van der Waals surface area contributed by atoms with E-state index in [1.54, 1.807) is 0 Å². The van der Waals surface area contributed by atoms with Crippen LogP contribution in [0.2, 0.25) is 0 Å². The third-order valence-corrected chi connectivity index (χ3v) is 8.33. The van der Waals surface area contributed by atoms with E-state index in [4.69, 9.17) is 4.99 Å². The van der Waals surface area contributed by atoms with Gasteiger partial charge in [-0.15, -0.1) is 0 Å². The summed E-state index contributed by atoms with van der Waals surface area (Å²) >= 11 is 0. The Labute approximate surface area is 162 Å². The van der Waals surface area contributed by atoms with Crippen LogP contribution in [0.25, 0.3) is 0 Å². The molecule has 1 aromatic rings. The highest BCUT2D eigenvalue weighted by atomic mass is 32.2. The van der Waals surface area contributed by atoms with E-state index in [9.17, 15) is 13.5 Å². The van der Waals surface area contributed by atoms with Crippen LogP contribution in [0.4, 0.5) is 0 Å². The molecule has 6 nitrogen and oxygen atoms in total. The minimum Gasteiger partial charge on any atom is -0.392 e. The smallest absolute Gasteiger partial charge is 0.194 e. The molecule has 3 rings (SSSR count). The van der Waals surface area contributed by atoms with Crippen LogP contribution < -0.4 is 5.32 Å². The van der Waals surface area contributed by atoms with E-state index >= 15 is 0 Å². The van der Waals surface area contributed by atoms with Crippen LogP contribution in [0.5, 0.6) is 0 Å². The van der Waals surface area contributed by atoms with E-state index in [0.717, 1.165) is 55.7 Å². The normalized spacial score (nSPS) is 22.0. The van der Waals surface area contributed by atoms with Crippen molar-refractivity contribution in [1.82, 2.24) is 10.2 Å². The summed E-state index contributed by atoms with van der Waals surface area (Å²) in [5.41, 5.74) is 1.91. The molecule has 7 heteroatoms. The van der Waals surface area contributed by atoms with Gasteiger partial charge in [0.15, 0.2) is 15.8 Å². The first-order valence-electron chi connectivity index (χ1n) is 9.94. The highest BCUT2D eigenvalue weighted by Crippen LogP contribution is 2.38. The van der Waals surface area contributed by atoms with Gasteiger partial charge in [-0.05, 0) is 30.9 Å². The average molecular weight is 394 g/mol. The van der Waals surface area contributed by atoms with Crippen molar-refractivity contribution in [3.63, 3.8) is 0 Å². The van der Waals surface area contributed by atoms with E-state index in [0.29, 0.717) is 19.6 Å². The number of benzene rings is 1. The number of aliphatic hydroxyl groups excluding tert-OH is 1. The highest BCUT2D eigenvalue weighted by Gasteiger charge is 2.48. The monoisotopic (exact) mass is 393 g/mol. The lowest BCUT2D eigenvalue weighted by molar-refractivity contribution is 0.274. The van der Waals surface area contributed by atoms with Crippen LogP contribution in [0, 0.1) is 0 Å². The van der Waals surface area contributed by atoms with Gasteiger partial charge in [-0.25, -0.2) is 13.4 Å². The summed E-state index contributed by atoms with van der Waals surface area (Å²) in [5.74, 6) is 0.990. The summed E-state index contributed by atoms with van der Waals surface area (Å²) < 4.78 is 25.0. The second-order valence-corrected chi connectivity index (χ2v) is 10.1. The Morgan fingerprint density at radius 3 is 2.70 bits per heavy atom. The first-order chi connectivity index (χ1) is 13.0. The number of hydrogen-bond acceptors (Lipinski definition) is 4. The van der Waals surface area contributed by atoms with Crippen molar-refractivity contribution < 1.29 is 13.5 Å². The van der Waals surface area contributed by atoms with Crippen molar-refractivity contribution in [2.75, 3.05) is 25.4 Å².